The summed E-state index contributed by atoms with van der Waals surface area (Å²) in [7, 11) is 0. The summed E-state index contributed by atoms with van der Waals surface area (Å²) in [4.78, 5) is 11.3. The van der Waals surface area contributed by atoms with Crippen LogP contribution in [0, 0.1) is 0 Å². The molecule has 154 valence electrons. The molecule has 1 aliphatic carbocycles. The molecule has 1 aliphatic rings. The van der Waals surface area contributed by atoms with Crippen LogP contribution >= 0.6 is 11.6 Å². The molecule has 2 nitrogen and oxygen atoms in total. The predicted molar refractivity (Wildman–Crippen MR) is 112 cm³/mol. The van der Waals surface area contributed by atoms with E-state index < -0.39 is 12.1 Å². The first kappa shape index (κ1) is 20.5. The lowest BCUT2D eigenvalue weighted by Crippen LogP contribution is -2.29. The standard InChI is InChI=1S/C24H19ClF3NO/c25-18-10-11-21-17(14-18)9-8-16-5-1-2-7-20(16)22(21)13-15-4-3-6-19(12-15)29-23(30)24(26,27)28/h1-7,10-12,14,22H,8-9,13H2,(H,29,30)/t22-/m1/s1. The molecule has 30 heavy (non-hydrogen) atoms. The van der Waals surface area contributed by atoms with Gasteiger partial charge in [-0.05, 0) is 71.3 Å². The average molecular weight is 430 g/mol. The molecule has 1 N–H and O–H groups in total. The van der Waals surface area contributed by atoms with E-state index in [4.69, 9.17) is 11.6 Å². The van der Waals surface area contributed by atoms with Gasteiger partial charge in [0.15, 0.2) is 0 Å². The van der Waals surface area contributed by atoms with Crippen molar-refractivity contribution in [1.82, 2.24) is 0 Å². The summed E-state index contributed by atoms with van der Waals surface area (Å²) in [6.07, 6.45) is -2.54. The van der Waals surface area contributed by atoms with E-state index in [0.717, 1.165) is 18.4 Å². The highest BCUT2D eigenvalue weighted by molar-refractivity contribution is 6.30. The highest BCUT2D eigenvalue weighted by Gasteiger charge is 2.38. The molecule has 0 bridgehead atoms. The number of benzene rings is 3. The van der Waals surface area contributed by atoms with E-state index in [1.54, 1.807) is 12.1 Å². The van der Waals surface area contributed by atoms with Crippen LogP contribution in [-0.4, -0.2) is 12.1 Å². The third kappa shape index (κ3) is 4.36. The third-order valence-electron chi connectivity index (χ3n) is 5.46. The maximum atomic E-state index is 12.6. The number of carbonyl (C=O) groups is 1. The Bertz CT molecular complexity index is 1090. The minimum Gasteiger partial charge on any atom is -0.318 e. The molecule has 6 heteroatoms. The molecule has 1 atom stereocenters. The number of hydrogen-bond acceptors (Lipinski definition) is 1. The van der Waals surface area contributed by atoms with Crippen molar-refractivity contribution in [2.45, 2.75) is 31.4 Å². The molecular weight excluding hydrogens is 411 g/mol. The molecule has 4 rings (SSSR count). The summed E-state index contributed by atoms with van der Waals surface area (Å²) >= 11 is 6.22. The van der Waals surface area contributed by atoms with Crippen LogP contribution in [0.15, 0.2) is 66.7 Å². The van der Waals surface area contributed by atoms with Crippen LogP contribution in [0.4, 0.5) is 18.9 Å². The quantitative estimate of drug-likeness (QED) is 0.519. The zero-order valence-corrected chi connectivity index (χ0v) is 16.7. The van der Waals surface area contributed by atoms with Crippen LogP contribution < -0.4 is 5.32 Å². The molecule has 3 aromatic rings. The number of alkyl halides is 3. The first-order valence-corrected chi connectivity index (χ1v) is 10.0. The summed E-state index contributed by atoms with van der Waals surface area (Å²) in [6.45, 7) is 0. The van der Waals surface area contributed by atoms with E-state index in [1.165, 1.54) is 28.3 Å². The molecule has 0 saturated heterocycles. The molecule has 0 unspecified atom stereocenters. The monoisotopic (exact) mass is 429 g/mol. The second-order valence-corrected chi connectivity index (χ2v) is 7.89. The van der Waals surface area contributed by atoms with Gasteiger partial charge in [0.1, 0.15) is 0 Å². The highest BCUT2D eigenvalue weighted by atomic mass is 35.5. The lowest BCUT2D eigenvalue weighted by molar-refractivity contribution is -0.167. The van der Waals surface area contributed by atoms with Crippen molar-refractivity contribution in [3.63, 3.8) is 0 Å². The fourth-order valence-corrected chi connectivity index (χ4v) is 4.30. The highest BCUT2D eigenvalue weighted by Crippen LogP contribution is 2.37. The minimum absolute atomic E-state index is 0.0459. The van der Waals surface area contributed by atoms with Crippen molar-refractivity contribution >= 4 is 23.2 Å². The summed E-state index contributed by atoms with van der Waals surface area (Å²) < 4.78 is 37.8. The Kier molecular flexibility index (Phi) is 5.56. The maximum absolute atomic E-state index is 12.6. The Morgan fingerprint density at radius 3 is 2.47 bits per heavy atom. The number of nitrogens with one attached hydrogen (secondary N) is 1. The van der Waals surface area contributed by atoms with Gasteiger partial charge in [-0.15, -0.1) is 0 Å². The van der Waals surface area contributed by atoms with E-state index in [-0.39, 0.29) is 11.6 Å². The summed E-state index contributed by atoms with van der Waals surface area (Å²) in [5.41, 5.74) is 5.81. The molecule has 0 radical (unpaired) electrons. The van der Waals surface area contributed by atoms with E-state index in [0.29, 0.717) is 11.4 Å². The molecule has 0 spiro atoms. The SMILES string of the molecule is O=C(Nc1cccc(C[C@@H]2c3ccccc3CCc3cc(Cl)ccc32)c1)C(F)(F)F. The second kappa shape index (κ2) is 8.15. The number of amides is 1. The Balaban J connectivity index is 1.69. The first-order valence-electron chi connectivity index (χ1n) is 9.64. The largest absolute Gasteiger partial charge is 0.471 e. The number of fused-ring (bicyclic) bond motifs is 2. The third-order valence-corrected chi connectivity index (χ3v) is 5.69. The van der Waals surface area contributed by atoms with E-state index in [2.05, 4.69) is 12.1 Å². The van der Waals surface area contributed by atoms with Crippen LogP contribution in [0.2, 0.25) is 5.02 Å². The number of hydrogen-bond donors (Lipinski definition) is 1. The molecule has 0 aliphatic heterocycles. The van der Waals surface area contributed by atoms with Crippen molar-refractivity contribution in [3.05, 3.63) is 99.6 Å². The van der Waals surface area contributed by atoms with Gasteiger partial charge in [0.2, 0.25) is 0 Å². The average Bonchev–Trinajstić information content (AvgIpc) is 2.85. The smallest absolute Gasteiger partial charge is 0.318 e. The lowest BCUT2D eigenvalue weighted by atomic mass is 9.83. The van der Waals surface area contributed by atoms with Gasteiger partial charge in [0.05, 0.1) is 0 Å². The van der Waals surface area contributed by atoms with Gasteiger partial charge in [-0.3, -0.25) is 4.79 Å². The van der Waals surface area contributed by atoms with Crippen LogP contribution in [0.3, 0.4) is 0 Å². The number of carbonyl (C=O) groups excluding carboxylic acids is 1. The predicted octanol–water partition coefficient (Wildman–Crippen LogP) is 6.31. The Morgan fingerprint density at radius 2 is 1.67 bits per heavy atom. The molecular formula is C24H19ClF3NO. The van der Waals surface area contributed by atoms with Crippen LogP contribution in [0.25, 0.3) is 0 Å². The Morgan fingerprint density at radius 1 is 0.933 bits per heavy atom. The van der Waals surface area contributed by atoms with Gasteiger partial charge in [-0.25, -0.2) is 0 Å². The molecule has 0 fully saturated rings. The number of anilines is 1. The fourth-order valence-electron chi connectivity index (χ4n) is 4.10. The Hall–Kier alpha value is -2.79. The number of rotatable bonds is 3. The molecule has 3 aromatic carbocycles. The van der Waals surface area contributed by atoms with Gasteiger partial charge < -0.3 is 5.32 Å². The van der Waals surface area contributed by atoms with Gasteiger partial charge in [-0.2, -0.15) is 13.2 Å². The van der Waals surface area contributed by atoms with Crippen molar-refractivity contribution < 1.29 is 18.0 Å². The molecule has 0 heterocycles. The molecule has 0 aromatic heterocycles. The van der Waals surface area contributed by atoms with E-state index >= 15 is 0 Å². The van der Waals surface area contributed by atoms with Crippen molar-refractivity contribution in [2.24, 2.45) is 0 Å². The number of halogens is 4. The van der Waals surface area contributed by atoms with Crippen molar-refractivity contribution in [2.75, 3.05) is 5.32 Å². The maximum Gasteiger partial charge on any atom is 0.471 e. The molecule has 0 saturated carbocycles. The second-order valence-electron chi connectivity index (χ2n) is 7.45. The van der Waals surface area contributed by atoms with Gasteiger partial charge in [0.25, 0.3) is 0 Å². The minimum atomic E-state index is -4.92. The zero-order chi connectivity index (χ0) is 21.3. The zero-order valence-electron chi connectivity index (χ0n) is 16.0. The normalized spacial score (nSPS) is 15.7. The van der Waals surface area contributed by atoms with Crippen LogP contribution in [-0.2, 0) is 24.1 Å². The summed E-state index contributed by atoms with van der Waals surface area (Å²) in [5.74, 6) is -1.93. The topological polar surface area (TPSA) is 29.1 Å². The van der Waals surface area contributed by atoms with E-state index in [9.17, 15) is 18.0 Å². The summed E-state index contributed by atoms with van der Waals surface area (Å²) in [5, 5.41) is 2.63. The van der Waals surface area contributed by atoms with Gasteiger partial charge in [0, 0.05) is 16.6 Å². The van der Waals surface area contributed by atoms with Crippen molar-refractivity contribution in [3.8, 4) is 0 Å². The van der Waals surface area contributed by atoms with Crippen LogP contribution in [0.5, 0.6) is 0 Å². The first-order chi connectivity index (χ1) is 14.3. The van der Waals surface area contributed by atoms with E-state index in [1.807, 2.05) is 41.7 Å². The van der Waals surface area contributed by atoms with Crippen LogP contribution in [0.1, 0.15) is 33.7 Å². The van der Waals surface area contributed by atoms with Gasteiger partial charge >= 0.3 is 12.1 Å². The lowest BCUT2D eigenvalue weighted by Gasteiger charge is -2.21. The fraction of sp³-hybridized carbons (Fsp3) is 0.208. The Labute approximate surface area is 177 Å². The van der Waals surface area contributed by atoms with Crippen molar-refractivity contribution in [1.29, 1.82) is 0 Å². The molecule has 1 amide bonds. The van der Waals surface area contributed by atoms with Gasteiger partial charge in [-0.1, -0.05) is 54.1 Å². The summed E-state index contributed by atoms with van der Waals surface area (Å²) in [6, 6.07) is 20.8. The number of aryl methyl sites for hydroxylation is 2.